The Bertz CT molecular complexity index is 1000. The minimum atomic E-state index is -0.299. The van der Waals surface area contributed by atoms with Crippen molar-refractivity contribution in [1.29, 1.82) is 0 Å². The summed E-state index contributed by atoms with van der Waals surface area (Å²) in [5.74, 6) is 1.34. The van der Waals surface area contributed by atoms with Gasteiger partial charge in [0.05, 0.1) is 19.4 Å². The first-order chi connectivity index (χ1) is 16.4. The SMILES string of the molecule is CCN(CC)C(=O)CN1C(=O)COc2ccc(NC(=O)CCCOc3ccc(OC)cc3)cc21. The first-order valence-corrected chi connectivity index (χ1v) is 11.4. The largest absolute Gasteiger partial charge is 0.497 e. The van der Waals surface area contributed by atoms with Gasteiger partial charge in [-0.2, -0.15) is 0 Å². The second-order valence-electron chi connectivity index (χ2n) is 7.69. The number of anilines is 2. The minimum absolute atomic E-state index is 0.0724. The van der Waals surface area contributed by atoms with Crippen molar-refractivity contribution in [3.63, 3.8) is 0 Å². The predicted octanol–water partition coefficient (Wildman–Crippen LogP) is 3.09. The highest BCUT2D eigenvalue weighted by Crippen LogP contribution is 2.34. The monoisotopic (exact) mass is 469 g/mol. The first-order valence-electron chi connectivity index (χ1n) is 11.4. The van der Waals surface area contributed by atoms with Crippen molar-refractivity contribution < 1.29 is 28.6 Å². The number of carbonyl (C=O) groups is 3. The van der Waals surface area contributed by atoms with E-state index < -0.39 is 0 Å². The lowest BCUT2D eigenvalue weighted by Crippen LogP contribution is -2.46. The third-order valence-corrected chi connectivity index (χ3v) is 5.47. The summed E-state index contributed by atoms with van der Waals surface area (Å²) < 4.78 is 16.3. The van der Waals surface area contributed by atoms with Gasteiger partial charge in [-0.1, -0.05) is 0 Å². The molecule has 0 radical (unpaired) electrons. The van der Waals surface area contributed by atoms with E-state index >= 15 is 0 Å². The van der Waals surface area contributed by atoms with Gasteiger partial charge >= 0.3 is 0 Å². The number of hydrogen-bond acceptors (Lipinski definition) is 6. The van der Waals surface area contributed by atoms with Gasteiger partial charge in [0.2, 0.25) is 11.8 Å². The zero-order chi connectivity index (χ0) is 24.5. The molecule has 3 rings (SSSR count). The fraction of sp³-hybridized carbons (Fsp3) is 0.400. The molecule has 0 aliphatic carbocycles. The van der Waals surface area contributed by atoms with Gasteiger partial charge in [-0.3, -0.25) is 19.3 Å². The highest BCUT2D eigenvalue weighted by atomic mass is 16.5. The Morgan fingerprint density at radius 1 is 1.09 bits per heavy atom. The maximum Gasteiger partial charge on any atom is 0.265 e. The van der Waals surface area contributed by atoms with Gasteiger partial charge in [0.1, 0.15) is 23.8 Å². The van der Waals surface area contributed by atoms with E-state index in [1.54, 1.807) is 30.2 Å². The number of ether oxygens (including phenoxy) is 3. The lowest BCUT2D eigenvalue weighted by Gasteiger charge is -2.31. The molecule has 1 aliphatic heterocycles. The van der Waals surface area contributed by atoms with E-state index in [0.717, 1.165) is 5.75 Å². The van der Waals surface area contributed by atoms with Crippen molar-refractivity contribution in [3.05, 3.63) is 42.5 Å². The highest BCUT2D eigenvalue weighted by molar-refractivity contribution is 6.03. The van der Waals surface area contributed by atoms with Crippen LogP contribution >= 0.6 is 0 Å². The average molecular weight is 470 g/mol. The molecule has 0 atom stereocenters. The van der Waals surface area contributed by atoms with Crippen LogP contribution in [-0.4, -0.2) is 62.6 Å². The molecule has 1 N–H and O–H groups in total. The first kappa shape index (κ1) is 24.9. The summed E-state index contributed by atoms with van der Waals surface area (Å²) in [6.45, 7) is 5.12. The number of benzene rings is 2. The number of amides is 3. The maximum atomic E-state index is 12.6. The van der Waals surface area contributed by atoms with Crippen molar-refractivity contribution in [2.75, 3.05) is 50.2 Å². The van der Waals surface area contributed by atoms with Crippen LogP contribution in [-0.2, 0) is 14.4 Å². The van der Waals surface area contributed by atoms with E-state index in [4.69, 9.17) is 14.2 Å². The molecule has 34 heavy (non-hydrogen) atoms. The molecule has 182 valence electrons. The average Bonchev–Trinajstić information content (AvgIpc) is 2.85. The molecule has 1 aliphatic rings. The molecular weight excluding hydrogens is 438 g/mol. The quantitative estimate of drug-likeness (QED) is 0.508. The summed E-state index contributed by atoms with van der Waals surface area (Å²) in [4.78, 5) is 40.5. The number of rotatable bonds is 11. The molecule has 2 aromatic carbocycles. The van der Waals surface area contributed by atoms with E-state index in [0.29, 0.717) is 49.0 Å². The van der Waals surface area contributed by atoms with Crippen LogP contribution < -0.4 is 24.4 Å². The Labute approximate surface area is 199 Å². The van der Waals surface area contributed by atoms with Crippen LogP contribution in [0.3, 0.4) is 0 Å². The van der Waals surface area contributed by atoms with E-state index in [2.05, 4.69) is 5.32 Å². The Kier molecular flexibility index (Phi) is 8.73. The highest BCUT2D eigenvalue weighted by Gasteiger charge is 2.29. The molecule has 0 aromatic heterocycles. The molecule has 9 nitrogen and oxygen atoms in total. The second-order valence-corrected chi connectivity index (χ2v) is 7.69. The summed E-state index contributed by atoms with van der Waals surface area (Å²) in [7, 11) is 1.60. The number of carbonyl (C=O) groups excluding carboxylic acids is 3. The number of fused-ring (bicyclic) bond motifs is 1. The number of hydrogen-bond donors (Lipinski definition) is 1. The van der Waals surface area contributed by atoms with Crippen LogP contribution in [0.25, 0.3) is 0 Å². The molecule has 0 fully saturated rings. The molecular formula is C25H31N3O6. The Hall–Kier alpha value is -3.75. The molecule has 3 amide bonds. The van der Waals surface area contributed by atoms with Crippen molar-refractivity contribution in [2.45, 2.75) is 26.7 Å². The smallest absolute Gasteiger partial charge is 0.265 e. The molecule has 0 spiro atoms. The molecule has 1 heterocycles. The fourth-order valence-corrected chi connectivity index (χ4v) is 3.58. The lowest BCUT2D eigenvalue weighted by molar-refractivity contribution is -0.131. The fourth-order valence-electron chi connectivity index (χ4n) is 3.58. The standard InChI is InChI=1S/C25H31N3O6/c1-4-27(5-2)24(30)16-28-21-15-18(8-13-22(21)34-17-25(28)31)26-23(29)7-6-14-33-20-11-9-19(32-3)10-12-20/h8-13,15H,4-7,14,16-17H2,1-3H3,(H,26,29). The van der Waals surface area contributed by atoms with Gasteiger partial charge in [-0.25, -0.2) is 0 Å². The van der Waals surface area contributed by atoms with E-state index in [1.165, 1.54) is 4.90 Å². The van der Waals surface area contributed by atoms with Crippen molar-refractivity contribution >= 4 is 29.1 Å². The predicted molar refractivity (Wildman–Crippen MR) is 129 cm³/mol. The normalized spacial score (nSPS) is 12.4. The molecule has 0 saturated heterocycles. The van der Waals surface area contributed by atoms with Crippen LogP contribution in [0.5, 0.6) is 17.2 Å². The number of methoxy groups -OCH3 is 1. The number of nitrogens with zero attached hydrogens (tertiary/aromatic N) is 2. The van der Waals surface area contributed by atoms with E-state index in [-0.39, 0.29) is 37.3 Å². The maximum absolute atomic E-state index is 12.6. The molecule has 2 aromatic rings. The zero-order valence-electron chi connectivity index (χ0n) is 19.8. The van der Waals surface area contributed by atoms with Crippen LogP contribution in [0.2, 0.25) is 0 Å². The number of likely N-dealkylation sites (N-methyl/N-ethyl adjacent to an activating group) is 1. The van der Waals surface area contributed by atoms with Gasteiger partial charge in [0.15, 0.2) is 6.61 Å². The number of nitrogens with one attached hydrogen (secondary N) is 1. The third-order valence-electron chi connectivity index (χ3n) is 5.47. The van der Waals surface area contributed by atoms with Crippen LogP contribution in [0.4, 0.5) is 11.4 Å². The zero-order valence-corrected chi connectivity index (χ0v) is 19.8. The van der Waals surface area contributed by atoms with Crippen LogP contribution in [0.1, 0.15) is 26.7 Å². The van der Waals surface area contributed by atoms with E-state index in [1.807, 2.05) is 38.1 Å². The summed E-state index contributed by atoms with van der Waals surface area (Å²) in [6.07, 6.45) is 0.807. The minimum Gasteiger partial charge on any atom is -0.497 e. The van der Waals surface area contributed by atoms with Gasteiger partial charge in [0, 0.05) is 25.2 Å². The molecule has 0 bridgehead atoms. The summed E-state index contributed by atoms with van der Waals surface area (Å²) >= 11 is 0. The third kappa shape index (κ3) is 6.40. The van der Waals surface area contributed by atoms with Crippen molar-refractivity contribution in [3.8, 4) is 17.2 Å². The van der Waals surface area contributed by atoms with Crippen molar-refractivity contribution in [1.82, 2.24) is 4.90 Å². The van der Waals surface area contributed by atoms with Crippen molar-refractivity contribution in [2.24, 2.45) is 0 Å². The summed E-state index contributed by atoms with van der Waals surface area (Å²) in [5, 5.41) is 2.84. The Morgan fingerprint density at radius 3 is 2.47 bits per heavy atom. The van der Waals surface area contributed by atoms with Gasteiger partial charge < -0.3 is 24.4 Å². The molecule has 0 unspecified atom stereocenters. The van der Waals surface area contributed by atoms with Gasteiger partial charge in [-0.15, -0.1) is 0 Å². The van der Waals surface area contributed by atoms with E-state index in [9.17, 15) is 14.4 Å². The van der Waals surface area contributed by atoms with Gasteiger partial charge in [0.25, 0.3) is 5.91 Å². The van der Waals surface area contributed by atoms with Crippen LogP contribution in [0, 0.1) is 0 Å². The second kappa shape index (κ2) is 11.9. The lowest BCUT2D eigenvalue weighted by atomic mass is 10.2. The Balaban J connectivity index is 1.56. The van der Waals surface area contributed by atoms with Gasteiger partial charge in [-0.05, 0) is 62.7 Å². The molecule has 0 saturated carbocycles. The summed E-state index contributed by atoms with van der Waals surface area (Å²) in [5.41, 5.74) is 0.996. The topological polar surface area (TPSA) is 97.4 Å². The molecule has 9 heteroatoms. The summed E-state index contributed by atoms with van der Waals surface area (Å²) in [6, 6.07) is 12.3. The van der Waals surface area contributed by atoms with Crippen LogP contribution in [0.15, 0.2) is 42.5 Å². The Morgan fingerprint density at radius 2 is 1.79 bits per heavy atom.